The third-order valence-corrected chi connectivity index (χ3v) is 5.87. The van der Waals surface area contributed by atoms with E-state index in [2.05, 4.69) is 0 Å². The lowest BCUT2D eigenvalue weighted by atomic mass is 10.0. The summed E-state index contributed by atoms with van der Waals surface area (Å²) in [7, 11) is -2.35. The average Bonchev–Trinajstić information content (AvgIpc) is 2.37. The highest BCUT2D eigenvalue weighted by atomic mass is 35.5. The van der Waals surface area contributed by atoms with Crippen molar-refractivity contribution in [1.82, 2.24) is 4.31 Å². The maximum atomic E-state index is 12.5. The number of nitro benzene ring substituents is 1. The molecule has 6 nitrogen and oxygen atoms in total. The summed E-state index contributed by atoms with van der Waals surface area (Å²) in [5.74, 6) is 0. The second-order valence-corrected chi connectivity index (χ2v) is 7.39. The van der Waals surface area contributed by atoms with Gasteiger partial charge in [-0.1, -0.05) is 18.5 Å². The molecule has 0 amide bonds. The van der Waals surface area contributed by atoms with Gasteiger partial charge in [-0.3, -0.25) is 10.1 Å². The van der Waals surface area contributed by atoms with Crippen LogP contribution in [-0.2, 0) is 10.0 Å². The fourth-order valence-corrected chi connectivity index (χ4v) is 3.28. The van der Waals surface area contributed by atoms with Crippen LogP contribution < -0.4 is 0 Å². The number of nitrogens with zero attached hydrogens (tertiary/aromatic N) is 2. The molecule has 0 N–H and O–H groups in total. The number of halogens is 1. The zero-order valence-corrected chi connectivity index (χ0v) is 13.3. The average molecular weight is 321 g/mol. The highest BCUT2D eigenvalue weighted by Gasteiger charge is 2.33. The third-order valence-electron chi connectivity index (χ3n) is 3.49. The lowest BCUT2D eigenvalue weighted by Crippen LogP contribution is -2.44. The van der Waals surface area contributed by atoms with Gasteiger partial charge >= 0.3 is 0 Å². The van der Waals surface area contributed by atoms with Crippen molar-refractivity contribution in [2.24, 2.45) is 0 Å². The lowest BCUT2D eigenvalue weighted by molar-refractivity contribution is -0.384. The molecule has 8 heteroatoms. The van der Waals surface area contributed by atoms with E-state index in [1.165, 1.54) is 23.5 Å². The minimum atomic E-state index is -3.81. The molecule has 0 spiro atoms. The number of sulfonamides is 1. The van der Waals surface area contributed by atoms with Gasteiger partial charge in [0.25, 0.3) is 5.69 Å². The van der Waals surface area contributed by atoms with E-state index < -0.39 is 26.2 Å². The van der Waals surface area contributed by atoms with E-state index in [-0.39, 0.29) is 9.92 Å². The summed E-state index contributed by atoms with van der Waals surface area (Å²) in [4.78, 5) is 9.99. The Morgan fingerprint density at radius 2 is 1.95 bits per heavy atom. The molecule has 20 heavy (non-hydrogen) atoms. The molecule has 0 unspecified atom stereocenters. The molecule has 0 heterocycles. The predicted octanol–water partition coefficient (Wildman–Crippen LogP) is 3.06. The topological polar surface area (TPSA) is 80.5 Å². The highest BCUT2D eigenvalue weighted by Crippen LogP contribution is 2.30. The zero-order chi connectivity index (χ0) is 15.7. The van der Waals surface area contributed by atoms with Gasteiger partial charge in [0.15, 0.2) is 0 Å². The van der Waals surface area contributed by atoms with Gasteiger partial charge in [0.05, 0.1) is 9.82 Å². The van der Waals surface area contributed by atoms with Crippen LogP contribution in [0.25, 0.3) is 0 Å². The fourth-order valence-electron chi connectivity index (χ4n) is 1.50. The van der Waals surface area contributed by atoms with Crippen LogP contribution in [0.1, 0.15) is 27.2 Å². The molecule has 0 saturated carbocycles. The summed E-state index contributed by atoms with van der Waals surface area (Å²) < 4.78 is 26.2. The first kappa shape index (κ1) is 16.9. The molecular formula is C12H17ClN2O4S. The number of rotatable bonds is 5. The van der Waals surface area contributed by atoms with E-state index in [1.54, 1.807) is 13.8 Å². The van der Waals surface area contributed by atoms with Crippen molar-refractivity contribution in [2.45, 2.75) is 37.6 Å². The number of benzene rings is 1. The Balaban J connectivity index is 3.37. The third kappa shape index (κ3) is 3.11. The number of hydrogen-bond acceptors (Lipinski definition) is 4. The first-order valence-electron chi connectivity index (χ1n) is 5.97. The summed E-state index contributed by atoms with van der Waals surface area (Å²) in [6.07, 6.45) is 0.610. The standard InChI is InChI=1S/C12H17ClN2O4S/c1-5-12(2,3)14(4)20(18,19)9-6-7-10(13)11(8-9)15(16)17/h6-8H,5H2,1-4H3. The Bertz CT molecular complexity index is 628. The number of nitro groups is 1. The van der Waals surface area contributed by atoms with Crippen molar-refractivity contribution in [1.29, 1.82) is 0 Å². The van der Waals surface area contributed by atoms with E-state index in [0.717, 1.165) is 6.07 Å². The Morgan fingerprint density at radius 1 is 1.40 bits per heavy atom. The van der Waals surface area contributed by atoms with Crippen molar-refractivity contribution in [3.8, 4) is 0 Å². The van der Waals surface area contributed by atoms with E-state index in [1.807, 2.05) is 6.92 Å². The molecule has 112 valence electrons. The van der Waals surface area contributed by atoms with Crippen LogP contribution in [-0.4, -0.2) is 30.2 Å². The summed E-state index contributed by atoms with van der Waals surface area (Å²) in [6.45, 7) is 5.44. The van der Waals surface area contributed by atoms with E-state index in [9.17, 15) is 18.5 Å². The predicted molar refractivity (Wildman–Crippen MR) is 77.4 cm³/mol. The maximum Gasteiger partial charge on any atom is 0.289 e. The smallest absolute Gasteiger partial charge is 0.258 e. The Morgan fingerprint density at radius 3 is 2.40 bits per heavy atom. The second-order valence-electron chi connectivity index (χ2n) is 5.01. The largest absolute Gasteiger partial charge is 0.289 e. The minimum Gasteiger partial charge on any atom is -0.258 e. The second kappa shape index (κ2) is 5.67. The lowest BCUT2D eigenvalue weighted by Gasteiger charge is -2.33. The Kier molecular flexibility index (Phi) is 4.78. The van der Waals surface area contributed by atoms with Crippen molar-refractivity contribution in [2.75, 3.05) is 7.05 Å². The van der Waals surface area contributed by atoms with Crippen LogP contribution in [0.3, 0.4) is 0 Å². The van der Waals surface area contributed by atoms with Crippen LogP contribution in [0.4, 0.5) is 5.69 Å². The molecule has 0 atom stereocenters. The Hall–Kier alpha value is -1.18. The van der Waals surface area contributed by atoms with Gasteiger partial charge in [0.2, 0.25) is 10.0 Å². The normalized spacial score (nSPS) is 12.7. The van der Waals surface area contributed by atoms with Crippen molar-refractivity contribution >= 4 is 27.3 Å². The molecule has 0 aliphatic heterocycles. The number of hydrogen-bond donors (Lipinski definition) is 0. The molecule has 1 aromatic carbocycles. The molecule has 0 aliphatic carbocycles. The molecule has 1 rings (SSSR count). The molecule has 0 saturated heterocycles. The minimum absolute atomic E-state index is 0.0913. The molecular weight excluding hydrogens is 304 g/mol. The van der Waals surface area contributed by atoms with Crippen LogP contribution in [0.2, 0.25) is 5.02 Å². The van der Waals surface area contributed by atoms with Crippen LogP contribution in [0.5, 0.6) is 0 Å². The molecule has 0 radical (unpaired) electrons. The SMILES string of the molecule is CCC(C)(C)N(C)S(=O)(=O)c1ccc(Cl)c([N+](=O)[O-])c1. The Labute approximate surface area is 123 Å². The maximum absolute atomic E-state index is 12.5. The molecule has 0 fully saturated rings. The first-order valence-corrected chi connectivity index (χ1v) is 7.79. The first-order chi connectivity index (χ1) is 9.04. The van der Waals surface area contributed by atoms with Gasteiger partial charge in [0, 0.05) is 18.7 Å². The molecule has 0 aliphatic rings. The molecule has 0 aromatic heterocycles. The van der Waals surface area contributed by atoms with Gasteiger partial charge in [-0.2, -0.15) is 4.31 Å². The van der Waals surface area contributed by atoms with Gasteiger partial charge < -0.3 is 0 Å². The van der Waals surface area contributed by atoms with Crippen molar-refractivity contribution in [3.63, 3.8) is 0 Å². The van der Waals surface area contributed by atoms with Gasteiger partial charge in [-0.05, 0) is 32.4 Å². The van der Waals surface area contributed by atoms with Gasteiger partial charge in [-0.25, -0.2) is 8.42 Å². The van der Waals surface area contributed by atoms with E-state index in [0.29, 0.717) is 6.42 Å². The van der Waals surface area contributed by atoms with Gasteiger partial charge in [-0.15, -0.1) is 0 Å². The summed E-state index contributed by atoms with van der Waals surface area (Å²) in [5.41, 5.74) is -1.01. The molecule has 1 aromatic rings. The van der Waals surface area contributed by atoms with Crippen LogP contribution in [0.15, 0.2) is 23.1 Å². The highest BCUT2D eigenvalue weighted by molar-refractivity contribution is 7.89. The zero-order valence-electron chi connectivity index (χ0n) is 11.8. The quantitative estimate of drug-likeness (QED) is 0.617. The van der Waals surface area contributed by atoms with Crippen molar-refractivity contribution in [3.05, 3.63) is 33.3 Å². The van der Waals surface area contributed by atoms with Crippen molar-refractivity contribution < 1.29 is 13.3 Å². The van der Waals surface area contributed by atoms with E-state index >= 15 is 0 Å². The van der Waals surface area contributed by atoms with Crippen LogP contribution >= 0.6 is 11.6 Å². The van der Waals surface area contributed by atoms with Crippen LogP contribution in [0, 0.1) is 10.1 Å². The molecule has 0 bridgehead atoms. The summed E-state index contributed by atoms with van der Waals surface area (Å²) >= 11 is 5.69. The van der Waals surface area contributed by atoms with E-state index in [4.69, 9.17) is 11.6 Å². The summed E-state index contributed by atoms with van der Waals surface area (Å²) in [6, 6.07) is 3.48. The monoisotopic (exact) mass is 320 g/mol. The summed E-state index contributed by atoms with van der Waals surface area (Å²) in [5, 5.41) is 10.7. The van der Waals surface area contributed by atoms with Gasteiger partial charge in [0.1, 0.15) is 5.02 Å². The fraction of sp³-hybridized carbons (Fsp3) is 0.500.